The number of nitrogens with zero attached hydrogens (tertiary/aromatic N) is 2. The maximum atomic E-state index is 12.9. The number of carbonyl (C=O) groups excluding carboxylic acids is 2. The lowest BCUT2D eigenvalue weighted by atomic mass is 9.81. The standard InChI is InChI=1S/C24H28N2O4S/c1-18(27)19-9-11-22(12-10-19)31(29,30)26-15-13-25(14-16-26)24(28)17-21-7-4-6-20-5-2-3-8-23(20)21/h2-3,5,8-12,21H,4,6-7,13-17H2,1H3. The summed E-state index contributed by atoms with van der Waals surface area (Å²) in [6.07, 6.45) is 3.68. The quantitative estimate of drug-likeness (QED) is 0.669. The van der Waals surface area contributed by atoms with Gasteiger partial charge in [-0.05, 0) is 55.4 Å². The Morgan fingerprint density at radius 2 is 1.65 bits per heavy atom. The highest BCUT2D eigenvalue weighted by atomic mass is 32.2. The fourth-order valence-corrected chi connectivity index (χ4v) is 6.02. The fourth-order valence-electron chi connectivity index (χ4n) is 4.59. The third-order valence-electron chi connectivity index (χ3n) is 6.40. The van der Waals surface area contributed by atoms with Gasteiger partial charge in [-0.1, -0.05) is 36.4 Å². The zero-order valence-corrected chi connectivity index (χ0v) is 18.6. The average Bonchev–Trinajstić information content (AvgIpc) is 2.79. The summed E-state index contributed by atoms with van der Waals surface area (Å²) in [5.74, 6) is 0.250. The van der Waals surface area contributed by atoms with E-state index in [-0.39, 0.29) is 35.6 Å². The van der Waals surface area contributed by atoms with Crippen molar-refractivity contribution in [1.29, 1.82) is 0 Å². The molecule has 0 spiro atoms. The molecule has 1 saturated heterocycles. The van der Waals surface area contributed by atoms with Crippen molar-refractivity contribution in [1.82, 2.24) is 9.21 Å². The Kier molecular flexibility index (Phi) is 6.25. The molecule has 0 radical (unpaired) electrons. The van der Waals surface area contributed by atoms with Crippen molar-refractivity contribution < 1.29 is 18.0 Å². The Morgan fingerprint density at radius 3 is 2.32 bits per heavy atom. The molecule has 1 amide bonds. The average molecular weight is 441 g/mol. The van der Waals surface area contributed by atoms with E-state index < -0.39 is 10.0 Å². The number of hydrogen-bond acceptors (Lipinski definition) is 4. The summed E-state index contributed by atoms with van der Waals surface area (Å²) < 4.78 is 27.3. The molecule has 2 aliphatic rings. The molecule has 4 rings (SSSR count). The molecule has 31 heavy (non-hydrogen) atoms. The molecule has 1 aliphatic heterocycles. The van der Waals surface area contributed by atoms with Gasteiger partial charge in [-0.25, -0.2) is 8.42 Å². The maximum absolute atomic E-state index is 12.9. The second-order valence-electron chi connectivity index (χ2n) is 8.36. The molecular formula is C24H28N2O4S. The topological polar surface area (TPSA) is 74.8 Å². The van der Waals surface area contributed by atoms with Gasteiger partial charge in [-0.15, -0.1) is 0 Å². The largest absolute Gasteiger partial charge is 0.340 e. The van der Waals surface area contributed by atoms with Crippen LogP contribution in [0.4, 0.5) is 0 Å². The van der Waals surface area contributed by atoms with E-state index in [1.807, 2.05) is 6.07 Å². The fraction of sp³-hybridized carbons (Fsp3) is 0.417. The number of rotatable bonds is 5. The zero-order valence-electron chi connectivity index (χ0n) is 17.8. The molecule has 0 bridgehead atoms. The van der Waals surface area contributed by atoms with E-state index >= 15 is 0 Å². The normalized spacial score (nSPS) is 19.6. The minimum Gasteiger partial charge on any atom is -0.340 e. The predicted molar refractivity (Wildman–Crippen MR) is 119 cm³/mol. The number of aryl methyl sites for hydroxylation is 1. The molecule has 0 saturated carbocycles. The molecule has 1 unspecified atom stereocenters. The molecule has 1 fully saturated rings. The van der Waals surface area contributed by atoms with Crippen LogP contribution in [-0.4, -0.2) is 55.5 Å². The van der Waals surface area contributed by atoms with Gasteiger partial charge in [0.05, 0.1) is 4.90 Å². The monoisotopic (exact) mass is 440 g/mol. The number of sulfonamides is 1. The summed E-state index contributed by atoms with van der Waals surface area (Å²) in [4.78, 5) is 26.3. The van der Waals surface area contributed by atoms with Gasteiger partial charge >= 0.3 is 0 Å². The van der Waals surface area contributed by atoms with Crippen LogP contribution in [0, 0.1) is 0 Å². The molecule has 1 atom stereocenters. The molecule has 0 aromatic heterocycles. The Labute approximate surface area is 183 Å². The third-order valence-corrected chi connectivity index (χ3v) is 8.32. The number of Topliss-reactive ketones (excluding diaryl/α,β-unsaturated/α-hetero) is 1. The van der Waals surface area contributed by atoms with Crippen LogP contribution in [0.15, 0.2) is 53.4 Å². The third kappa shape index (κ3) is 4.57. The van der Waals surface area contributed by atoms with E-state index in [0.717, 1.165) is 19.3 Å². The highest BCUT2D eigenvalue weighted by Gasteiger charge is 2.31. The number of hydrogen-bond donors (Lipinski definition) is 0. The van der Waals surface area contributed by atoms with E-state index in [9.17, 15) is 18.0 Å². The Morgan fingerprint density at radius 1 is 0.968 bits per heavy atom. The van der Waals surface area contributed by atoms with Crippen LogP contribution in [0.2, 0.25) is 0 Å². The number of carbonyl (C=O) groups is 2. The van der Waals surface area contributed by atoms with Gasteiger partial charge in [0, 0.05) is 38.2 Å². The number of ketones is 1. The number of fused-ring (bicyclic) bond motifs is 1. The lowest BCUT2D eigenvalue weighted by molar-refractivity contribution is -0.132. The van der Waals surface area contributed by atoms with Crippen molar-refractivity contribution in [3.05, 3.63) is 65.2 Å². The molecule has 2 aromatic rings. The molecule has 1 heterocycles. The summed E-state index contributed by atoms with van der Waals surface area (Å²) in [7, 11) is -3.64. The number of piperazine rings is 1. The predicted octanol–water partition coefficient (Wildman–Crippen LogP) is 3.23. The Bertz CT molecular complexity index is 1070. The Balaban J connectivity index is 1.37. The smallest absolute Gasteiger partial charge is 0.243 e. The lowest BCUT2D eigenvalue weighted by Gasteiger charge is -2.35. The second kappa shape index (κ2) is 8.93. The number of benzene rings is 2. The van der Waals surface area contributed by atoms with Crippen molar-refractivity contribution in [2.24, 2.45) is 0 Å². The van der Waals surface area contributed by atoms with Crippen molar-refractivity contribution in [2.45, 2.75) is 43.4 Å². The van der Waals surface area contributed by atoms with Gasteiger partial charge in [-0.3, -0.25) is 9.59 Å². The first kappa shape index (κ1) is 21.7. The maximum Gasteiger partial charge on any atom is 0.243 e. The molecule has 164 valence electrons. The van der Waals surface area contributed by atoms with Gasteiger partial charge in [-0.2, -0.15) is 4.31 Å². The number of amides is 1. The summed E-state index contributed by atoms with van der Waals surface area (Å²) in [6, 6.07) is 14.4. The van der Waals surface area contributed by atoms with Crippen LogP contribution in [0.5, 0.6) is 0 Å². The molecular weight excluding hydrogens is 412 g/mol. The van der Waals surface area contributed by atoms with Gasteiger partial charge < -0.3 is 4.90 Å². The summed E-state index contributed by atoms with van der Waals surface area (Å²) in [5.41, 5.74) is 3.12. The van der Waals surface area contributed by atoms with Crippen LogP contribution < -0.4 is 0 Å². The molecule has 6 nitrogen and oxygen atoms in total. The van der Waals surface area contributed by atoms with Crippen molar-refractivity contribution >= 4 is 21.7 Å². The van der Waals surface area contributed by atoms with Gasteiger partial charge in [0.15, 0.2) is 5.78 Å². The van der Waals surface area contributed by atoms with Crippen molar-refractivity contribution in [3.8, 4) is 0 Å². The van der Waals surface area contributed by atoms with Crippen LogP contribution >= 0.6 is 0 Å². The molecule has 0 N–H and O–H groups in total. The van der Waals surface area contributed by atoms with E-state index in [4.69, 9.17) is 0 Å². The first-order valence-corrected chi connectivity index (χ1v) is 12.3. The SMILES string of the molecule is CC(=O)c1ccc(S(=O)(=O)N2CCN(C(=O)CC3CCCc4ccccc43)CC2)cc1. The van der Waals surface area contributed by atoms with E-state index in [1.54, 1.807) is 4.90 Å². The minimum absolute atomic E-state index is 0.100. The highest BCUT2D eigenvalue weighted by molar-refractivity contribution is 7.89. The van der Waals surface area contributed by atoms with Crippen molar-refractivity contribution in [3.63, 3.8) is 0 Å². The summed E-state index contributed by atoms with van der Waals surface area (Å²) in [6.45, 7) is 2.81. The summed E-state index contributed by atoms with van der Waals surface area (Å²) >= 11 is 0. The molecule has 2 aromatic carbocycles. The van der Waals surface area contributed by atoms with E-state index in [2.05, 4.69) is 18.2 Å². The van der Waals surface area contributed by atoms with Crippen LogP contribution in [0.1, 0.15) is 53.6 Å². The van der Waals surface area contributed by atoms with Crippen molar-refractivity contribution in [2.75, 3.05) is 26.2 Å². The zero-order chi connectivity index (χ0) is 22.0. The first-order chi connectivity index (χ1) is 14.9. The second-order valence-corrected chi connectivity index (χ2v) is 10.3. The van der Waals surface area contributed by atoms with Crippen LogP contribution in [0.3, 0.4) is 0 Å². The Hall–Kier alpha value is -2.51. The summed E-state index contributed by atoms with van der Waals surface area (Å²) in [5, 5.41) is 0. The van der Waals surface area contributed by atoms with Crippen LogP contribution in [-0.2, 0) is 21.2 Å². The molecule has 1 aliphatic carbocycles. The van der Waals surface area contributed by atoms with Crippen LogP contribution in [0.25, 0.3) is 0 Å². The van der Waals surface area contributed by atoms with Gasteiger partial charge in [0.25, 0.3) is 0 Å². The van der Waals surface area contributed by atoms with Gasteiger partial charge in [0.1, 0.15) is 0 Å². The highest BCUT2D eigenvalue weighted by Crippen LogP contribution is 2.34. The van der Waals surface area contributed by atoms with Gasteiger partial charge in [0.2, 0.25) is 15.9 Å². The first-order valence-electron chi connectivity index (χ1n) is 10.8. The lowest BCUT2D eigenvalue weighted by Crippen LogP contribution is -2.50. The van der Waals surface area contributed by atoms with E-state index in [0.29, 0.717) is 25.1 Å². The molecule has 7 heteroatoms. The van der Waals surface area contributed by atoms with E-state index in [1.165, 1.54) is 46.6 Å². The minimum atomic E-state index is -3.64.